The van der Waals surface area contributed by atoms with Gasteiger partial charge in [-0.05, 0) is 17.7 Å². The summed E-state index contributed by atoms with van der Waals surface area (Å²) in [4.78, 5) is 10.3. The smallest absolute Gasteiger partial charge is 0.413 e. The van der Waals surface area contributed by atoms with Crippen molar-refractivity contribution in [2.75, 3.05) is 0 Å². The number of hydrogen-bond acceptors (Lipinski definition) is 1. The van der Waals surface area contributed by atoms with Crippen molar-refractivity contribution in [3.05, 3.63) is 47.0 Å². The minimum atomic E-state index is -4.84. The number of carboxylic acid groups (broad SMARTS) is 1. The molecule has 7 heteroatoms. The Morgan fingerprint density at radius 1 is 1.22 bits per heavy atom. The minimum Gasteiger partial charge on any atom is -0.478 e. The zero-order valence-electron chi connectivity index (χ0n) is 8.76. The van der Waals surface area contributed by atoms with Crippen LogP contribution in [0.2, 0.25) is 0 Å². The van der Waals surface area contributed by atoms with Gasteiger partial charge in [0.2, 0.25) is 0 Å². The van der Waals surface area contributed by atoms with Gasteiger partial charge in [-0.15, -0.1) is 0 Å². The predicted molar refractivity (Wildman–Crippen MR) is 51.8 cm³/mol. The SMILES string of the molecule is O=C(O)/C=C(\Cc1ccc(F)c(F)c1)C(F)(F)F. The highest BCUT2D eigenvalue weighted by atomic mass is 19.4. The fraction of sp³-hybridized carbons (Fsp3) is 0.182. The van der Waals surface area contributed by atoms with E-state index in [9.17, 15) is 26.7 Å². The van der Waals surface area contributed by atoms with Gasteiger partial charge in [-0.2, -0.15) is 13.2 Å². The standard InChI is InChI=1S/C11H7F5O2/c12-8-2-1-6(4-9(8)13)3-7(5-10(17)18)11(14,15)16/h1-2,4-5H,3H2,(H,17,18)/b7-5+. The lowest BCUT2D eigenvalue weighted by Crippen LogP contribution is -2.16. The monoisotopic (exact) mass is 266 g/mol. The van der Waals surface area contributed by atoms with Crippen LogP contribution in [0.1, 0.15) is 5.56 Å². The summed E-state index contributed by atoms with van der Waals surface area (Å²) in [6.07, 6.45) is -5.68. The number of carboxylic acids is 1. The molecule has 0 aliphatic carbocycles. The number of aliphatic carboxylic acids is 1. The van der Waals surface area contributed by atoms with E-state index < -0.39 is 35.8 Å². The first kappa shape index (κ1) is 14.1. The van der Waals surface area contributed by atoms with Crippen LogP contribution >= 0.6 is 0 Å². The minimum absolute atomic E-state index is 0.00125. The lowest BCUT2D eigenvalue weighted by molar-refractivity contribution is -0.132. The number of rotatable bonds is 3. The van der Waals surface area contributed by atoms with Crippen molar-refractivity contribution in [1.29, 1.82) is 0 Å². The van der Waals surface area contributed by atoms with Crippen LogP contribution in [0.5, 0.6) is 0 Å². The Morgan fingerprint density at radius 3 is 2.28 bits per heavy atom. The van der Waals surface area contributed by atoms with Crippen molar-refractivity contribution in [3.8, 4) is 0 Å². The van der Waals surface area contributed by atoms with E-state index in [2.05, 4.69) is 0 Å². The molecular formula is C11H7F5O2. The number of carbonyl (C=O) groups is 1. The van der Waals surface area contributed by atoms with Crippen LogP contribution < -0.4 is 0 Å². The van der Waals surface area contributed by atoms with Crippen molar-refractivity contribution < 1.29 is 31.9 Å². The molecule has 0 unspecified atom stereocenters. The molecule has 0 aliphatic heterocycles. The fourth-order valence-corrected chi connectivity index (χ4v) is 1.25. The van der Waals surface area contributed by atoms with Crippen molar-refractivity contribution in [3.63, 3.8) is 0 Å². The van der Waals surface area contributed by atoms with E-state index in [1.165, 1.54) is 0 Å². The lowest BCUT2D eigenvalue weighted by atomic mass is 10.0. The van der Waals surface area contributed by atoms with Crippen molar-refractivity contribution in [2.24, 2.45) is 0 Å². The largest absolute Gasteiger partial charge is 0.478 e. The molecule has 0 heterocycles. The molecule has 0 saturated heterocycles. The molecule has 1 aromatic carbocycles. The maximum absolute atomic E-state index is 12.8. The maximum atomic E-state index is 12.8. The average molecular weight is 266 g/mol. The molecular weight excluding hydrogens is 259 g/mol. The molecule has 0 aliphatic rings. The van der Waals surface area contributed by atoms with Gasteiger partial charge in [-0.1, -0.05) is 6.07 Å². The molecule has 1 rings (SSSR count). The van der Waals surface area contributed by atoms with Crippen LogP contribution in [0.15, 0.2) is 29.8 Å². The molecule has 2 nitrogen and oxygen atoms in total. The first-order valence-corrected chi connectivity index (χ1v) is 4.65. The second-order valence-corrected chi connectivity index (χ2v) is 3.43. The van der Waals surface area contributed by atoms with Crippen LogP contribution in [0.3, 0.4) is 0 Å². The first-order chi connectivity index (χ1) is 8.20. The number of allylic oxidation sites excluding steroid dienone is 1. The van der Waals surface area contributed by atoms with Crippen LogP contribution in [-0.4, -0.2) is 17.3 Å². The summed E-state index contributed by atoms with van der Waals surface area (Å²) in [5.41, 5.74) is -1.51. The highest BCUT2D eigenvalue weighted by Gasteiger charge is 2.34. The van der Waals surface area contributed by atoms with E-state index in [1.807, 2.05) is 0 Å². The van der Waals surface area contributed by atoms with Crippen LogP contribution in [0, 0.1) is 11.6 Å². The molecule has 1 aromatic rings. The van der Waals surface area contributed by atoms with Gasteiger partial charge >= 0.3 is 12.1 Å². The Bertz CT molecular complexity index is 491. The van der Waals surface area contributed by atoms with Crippen molar-refractivity contribution in [2.45, 2.75) is 12.6 Å². The summed E-state index contributed by atoms with van der Waals surface area (Å²) in [5.74, 6) is -4.23. The molecule has 98 valence electrons. The van der Waals surface area contributed by atoms with Crippen LogP contribution in [0.25, 0.3) is 0 Å². The Kier molecular flexibility index (Phi) is 4.05. The summed E-state index contributed by atoms with van der Waals surface area (Å²) in [6.45, 7) is 0. The van der Waals surface area contributed by atoms with Gasteiger partial charge in [-0.3, -0.25) is 0 Å². The molecule has 0 radical (unpaired) electrons. The van der Waals surface area contributed by atoms with Crippen molar-refractivity contribution >= 4 is 5.97 Å². The summed E-state index contributed by atoms with van der Waals surface area (Å²) < 4.78 is 62.7. The molecule has 0 amide bonds. The van der Waals surface area contributed by atoms with Gasteiger partial charge in [0.25, 0.3) is 0 Å². The number of benzene rings is 1. The Hall–Kier alpha value is -1.92. The highest BCUT2D eigenvalue weighted by Crippen LogP contribution is 2.28. The number of halogens is 5. The Labute approximate surface area is 98.3 Å². The van der Waals surface area contributed by atoms with Gasteiger partial charge in [-0.25, -0.2) is 13.6 Å². The van der Waals surface area contributed by atoms with Gasteiger partial charge in [0.15, 0.2) is 11.6 Å². The van der Waals surface area contributed by atoms with E-state index in [1.54, 1.807) is 0 Å². The van der Waals surface area contributed by atoms with Gasteiger partial charge < -0.3 is 5.11 Å². The topological polar surface area (TPSA) is 37.3 Å². The van der Waals surface area contributed by atoms with E-state index in [0.717, 1.165) is 6.07 Å². The molecule has 0 spiro atoms. The molecule has 0 aromatic heterocycles. The third-order valence-corrected chi connectivity index (χ3v) is 2.04. The van der Waals surface area contributed by atoms with Crippen molar-refractivity contribution in [1.82, 2.24) is 0 Å². The molecule has 0 bridgehead atoms. The predicted octanol–water partition coefficient (Wildman–Crippen LogP) is 3.08. The molecule has 18 heavy (non-hydrogen) atoms. The van der Waals surface area contributed by atoms with Gasteiger partial charge in [0.05, 0.1) is 0 Å². The van der Waals surface area contributed by atoms with E-state index in [0.29, 0.717) is 12.1 Å². The molecule has 0 atom stereocenters. The quantitative estimate of drug-likeness (QED) is 0.674. The van der Waals surface area contributed by atoms with Crippen LogP contribution in [-0.2, 0) is 11.2 Å². The second kappa shape index (κ2) is 5.16. The first-order valence-electron chi connectivity index (χ1n) is 4.65. The molecule has 1 N–H and O–H groups in total. The van der Waals surface area contributed by atoms with E-state index >= 15 is 0 Å². The fourth-order valence-electron chi connectivity index (χ4n) is 1.25. The number of alkyl halides is 3. The third kappa shape index (κ3) is 3.83. The highest BCUT2D eigenvalue weighted by molar-refractivity contribution is 5.81. The number of hydrogen-bond donors (Lipinski definition) is 1. The molecule has 0 saturated carbocycles. The third-order valence-electron chi connectivity index (χ3n) is 2.04. The summed E-state index contributed by atoms with van der Waals surface area (Å²) in [5, 5.41) is 8.31. The molecule has 0 fully saturated rings. The zero-order valence-corrected chi connectivity index (χ0v) is 8.76. The normalized spacial score (nSPS) is 12.6. The van der Waals surface area contributed by atoms with Gasteiger partial charge in [0.1, 0.15) is 0 Å². The van der Waals surface area contributed by atoms with E-state index in [-0.39, 0.29) is 11.6 Å². The zero-order chi connectivity index (χ0) is 13.9. The summed E-state index contributed by atoms with van der Waals surface area (Å²) in [6, 6.07) is 2.23. The van der Waals surface area contributed by atoms with E-state index in [4.69, 9.17) is 5.11 Å². The average Bonchev–Trinajstić information content (AvgIpc) is 2.20. The Morgan fingerprint density at radius 2 is 1.83 bits per heavy atom. The maximum Gasteiger partial charge on any atom is 0.413 e. The lowest BCUT2D eigenvalue weighted by Gasteiger charge is -2.11. The summed E-state index contributed by atoms with van der Waals surface area (Å²) >= 11 is 0. The van der Waals surface area contributed by atoms with Crippen LogP contribution in [0.4, 0.5) is 22.0 Å². The second-order valence-electron chi connectivity index (χ2n) is 3.43. The van der Waals surface area contributed by atoms with Gasteiger partial charge in [0, 0.05) is 18.1 Å². The summed E-state index contributed by atoms with van der Waals surface area (Å²) in [7, 11) is 0. The Balaban J connectivity index is 3.04.